The van der Waals surface area contributed by atoms with Crippen LogP contribution in [0.4, 0.5) is 0 Å². The van der Waals surface area contributed by atoms with Gasteiger partial charge in [-0.1, -0.05) is 12.1 Å². The summed E-state index contributed by atoms with van der Waals surface area (Å²) in [5.41, 5.74) is 1.68. The number of aromatic nitrogens is 4. The van der Waals surface area contributed by atoms with Gasteiger partial charge in [-0.2, -0.15) is 0 Å². The Hall–Kier alpha value is -2.77. The van der Waals surface area contributed by atoms with Crippen molar-refractivity contribution in [3.8, 4) is 5.69 Å². The molecule has 0 atom stereocenters. The fraction of sp³-hybridized carbons (Fsp3) is 0.357. The van der Waals surface area contributed by atoms with Crippen molar-refractivity contribution in [3.63, 3.8) is 0 Å². The molecule has 0 unspecified atom stereocenters. The van der Waals surface area contributed by atoms with Crippen LogP contribution in [0.5, 0.6) is 0 Å². The number of tetrazole rings is 1. The van der Waals surface area contributed by atoms with Gasteiger partial charge in [0, 0.05) is 13.6 Å². The average molecular weight is 302 g/mol. The van der Waals surface area contributed by atoms with Crippen molar-refractivity contribution >= 4 is 11.8 Å². The van der Waals surface area contributed by atoms with Gasteiger partial charge >= 0.3 is 0 Å². The van der Waals surface area contributed by atoms with Crippen LogP contribution in [-0.2, 0) is 16.0 Å². The van der Waals surface area contributed by atoms with Crippen molar-refractivity contribution in [1.29, 1.82) is 0 Å². The molecule has 116 valence electrons. The van der Waals surface area contributed by atoms with Crippen molar-refractivity contribution in [2.24, 2.45) is 0 Å². The Bertz CT molecular complexity index is 623. The standard InChI is InChI=1S/C14H18N6O2/c1-3-15-13(21)9-19(2)14(22)8-11-4-6-12(7-5-11)20-10-16-17-18-20/h4-7,10H,3,8-9H2,1-2H3,(H,15,21). The van der Waals surface area contributed by atoms with Crippen LogP contribution < -0.4 is 5.32 Å². The molecule has 0 radical (unpaired) electrons. The number of nitrogens with one attached hydrogen (secondary N) is 1. The van der Waals surface area contributed by atoms with Gasteiger partial charge in [0.1, 0.15) is 6.33 Å². The maximum absolute atomic E-state index is 12.1. The summed E-state index contributed by atoms with van der Waals surface area (Å²) in [4.78, 5) is 25.0. The molecule has 1 N–H and O–H groups in total. The van der Waals surface area contributed by atoms with Gasteiger partial charge in [0.05, 0.1) is 18.7 Å². The van der Waals surface area contributed by atoms with Gasteiger partial charge in [-0.3, -0.25) is 9.59 Å². The van der Waals surface area contributed by atoms with Gasteiger partial charge < -0.3 is 10.2 Å². The predicted octanol–water partition coefficient (Wildman–Crippen LogP) is -0.201. The number of hydrogen-bond donors (Lipinski definition) is 1. The molecule has 0 bridgehead atoms. The van der Waals surface area contributed by atoms with E-state index in [9.17, 15) is 9.59 Å². The van der Waals surface area contributed by atoms with Gasteiger partial charge in [0.15, 0.2) is 0 Å². The van der Waals surface area contributed by atoms with Crippen LogP contribution in [0.2, 0.25) is 0 Å². The first-order valence-corrected chi connectivity index (χ1v) is 6.93. The zero-order valence-corrected chi connectivity index (χ0v) is 12.6. The molecule has 2 rings (SSSR count). The molecule has 0 aliphatic carbocycles. The van der Waals surface area contributed by atoms with Gasteiger partial charge in [0.2, 0.25) is 11.8 Å². The molecule has 2 amide bonds. The van der Waals surface area contributed by atoms with E-state index in [1.54, 1.807) is 7.05 Å². The van der Waals surface area contributed by atoms with E-state index in [1.807, 2.05) is 31.2 Å². The van der Waals surface area contributed by atoms with E-state index in [4.69, 9.17) is 0 Å². The summed E-state index contributed by atoms with van der Waals surface area (Å²) >= 11 is 0. The largest absolute Gasteiger partial charge is 0.355 e. The molecule has 2 aromatic rings. The minimum atomic E-state index is -0.160. The zero-order chi connectivity index (χ0) is 15.9. The molecule has 0 aliphatic rings. The summed E-state index contributed by atoms with van der Waals surface area (Å²) in [6, 6.07) is 7.36. The molecule has 22 heavy (non-hydrogen) atoms. The molecule has 0 spiro atoms. The van der Waals surface area contributed by atoms with Crippen LogP contribution in [0.15, 0.2) is 30.6 Å². The first kappa shape index (κ1) is 15.6. The molecule has 0 saturated carbocycles. The lowest BCUT2D eigenvalue weighted by molar-refractivity contribution is -0.134. The summed E-state index contributed by atoms with van der Waals surface area (Å²) in [5.74, 6) is -0.270. The summed E-state index contributed by atoms with van der Waals surface area (Å²) in [6.07, 6.45) is 1.74. The highest BCUT2D eigenvalue weighted by atomic mass is 16.2. The lowest BCUT2D eigenvalue weighted by Crippen LogP contribution is -2.38. The SMILES string of the molecule is CCNC(=O)CN(C)C(=O)Cc1ccc(-n2cnnn2)cc1. The van der Waals surface area contributed by atoms with E-state index < -0.39 is 0 Å². The van der Waals surface area contributed by atoms with Gasteiger partial charge in [0.25, 0.3) is 0 Å². The Morgan fingerprint density at radius 1 is 1.27 bits per heavy atom. The Labute approximate surface area is 128 Å². The van der Waals surface area contributed by atoms with E-state index in [0.29, 0.717) is 6.54 Å². The predicted molar refractivity (Wildman–Crippen MR) is 79.2 cm³/mol. The monoisotopic (exact) mass is 302 g/mol. The van der Waals surface area contributed by atoms with Crippen molar-refractivity contribution in [2.45, 2.75) is 13.3 Å². The first-order valence-electron chi connectivity index (χ1n) is 6.93. The molecule has 1 heterocycles. The fourth-order valence-corrected chi connectivity index (χ4v) is 1.91. The Balaban J connectivity index is 1.93. The number of hydrogen-bond acceptors (Lipinski definition) is 5. The molecule has 0 saturated heterocycles. The molecule has 1 aromatic heterocycles. The van der Waals surface area contributed by atoms with Crippen LogP contribution >= 0.6 is 0 Å². The van der Waals surface area contributed by atoms with E-state index >= 15 is 0 Å². The van der Waals surface area contributed by atoms with Gasteiger partial charge in [-0.05, 0) is 35.0 Å². The molecule has 8 heteroatoms. The summed E-state index contributed by atoms with van der Waals surface area (Å²) in [6.45, 7) is 2.46. The normalized spacial score (nSPS) is 10.3. The number of carbonyl (C=O) groups is 2. The highest BCUT2D eigenvalue weighted by Crippen LogP contribution is 2.09. The van der Waals surface area contributed by atoms with Crippen LogP contribution in [0, 0.1) is 0 Å². The lowest BCUT2D eigenvalue weighted by atomic mass is 10.1. The van der Waals surface area contributed by atoms with Crippen molar-refractivity contribution in [2.75, 3.05) is 20.1 Å². The molecule has 0 aliphatic heterocycles. The molecular weight excluding hydrogens is 284 g/mol. The second kappa shape index (κ2) is 7.30. The van der Waals surface area contributed by atoms with Crippen LogP contribution in [-0.4, -0.2) is 57.1 Å². The minimum absolute atomic E-state index is 0.0649. The smallest absolute Gasteiger partial charge is 0.239 e. The van der Waals surface area contributed by atoms with Crippen LogP contribution in [0.25, 0.3) is 5.69 Å². The van der Waals surface area contributed by atoms with E-state index in [2.05, 4.69) is 20.8 Å². The average Bonchev–Trinajstić information content (AvgIpc) is 3.02. The summed E-state index contributed by atoms with van der Waals surface area (Å²) < 4.78 is 1.53. The van der Waals surface area contributed by atoms with Gasteiger partial charge in [-0.15, -0.1) is 5.10 Å². The molecular formula is C14H18N6O2. The van der Waals surface area contributed by atoms with Crippen molar-refractivity contribution < 1.29 is 9.59 Å². The quantitative estimate of drug-likeness (QED) is 0.797. The number of rotatable bonds is 6. The van der Waals surface area contributed by atoms with Crippen molar-refractivity contribution in [1.82, 2.24) is 30.4 Å². The minimum Gasteiger partial charge on any atom is -0.355 e. The van der Waals surface area contributed by atoms with Gasteiger partial charge in [-0.25, -0.2) is 4.68 Å². The summed E-state index contributed by atoms with van der Waals surface area (Å²) in [5, 5.41) is 13.6. The second-order valence-electron chi connectivity index (χ2n) is 4.80. The lowest BCUT2D eigenvalue weighted by Gasteiger charge is -2.16. The number of carbonyl (C=O) groups excluding carboxylic acids is 2. The first-order chi connectivity index (χ1) is 10.6. The van der Waals surface area contributed by atoms with Crippen LogP contribution in [0.3, 0.4) is 0 Å². The maximum Gasteiger partial charge on any atom is 0.239 e. The number of amides is 2. The van der Waals surface area contributed by atoms with Crippen LogP contribution in [0.1, 0.15) is 12.5 Å². The zero-order valence-electron chi connectivity index (χ0n) is 12.6. The van der Waals surface area contributed by atoms with E-state index in [-0.39, 0.29) is 24.8 Å². The Kier molecular flexibility index (Phi) is 5.18. The number of nitrogens with zero attached hydrogens (tertiary/aromatic N) is 5. The Morgan fingerprint density at radius 3 is 2.59 bits per heavy atom. The van der Waals surface area contributed by atoms with E-state index in [1.165, 1.54) is 15.9 Å². The van der Waals surface area contributed by atoms with Crippen molar-refractivity contribution in [3.05, 3.63) is 36.2 Å². The number of benzene rings is 1. The molecule has 0 fully saturated rings. The third kappa shape index (κ3) is 4.11. The third-order valence-electron chi connectivity index (χ3n) is 3.09. The highest BCUT2D eigenvalue weighted by Gasteiger charge is 2.13. The second-order valence-corrected chi connectivity index (χ2v) is 4.80. The Morgan fingerprint density at radius 2 is 2.00 bits per heavy atom. The molecule has 8 nitrogen and oxygen atoms in total. The fourth-order valence-electron chi connectivity index (χ4n) is 1.91. The molecule has 1 aromatic carbocycles. The third-order valence-corrected chi connectivity index (χ3v) is 3.09. The number of likely N-dealkylation sites (N-methyl/N-ethyl adjacent to an activating group) is 2. The highest BCUT2D eigenvalue weighted by molar-refractivity contribution is 5.85. The topological polar surface area (TPSA) is 93.0 Å². The van der Waals surface area contributed by atoms with E-state index in [0.717, 1.165) is 11.3 Å². The summed E-state index contributed by atoms with van der Waals surface area (Å²) in [7, 11) is 1.62. The maximum atomic E-state index is 12.1.